The highest BCUT2D eigenvalue weighted by Gasteiger charge is 2.24. The highest BCUT2D eigenvalue weighted by atomic mass is 32.2. The first kappa shape index (κ1) is 25.5. The Morgan fingerprint density at radius 1 is 0.971 bits per heavy atom. The molecule has 0 atom stereocenters. The molecule has 0 spiro atoms. The van der Waals surface area contributed by atoms with E-state index in [1.54, 1.807) is 27.8 Å². The summed E-state index contributed by atoms with van der Waals surface area (Å²) in [6.45, 7) is 5.11. The molecule has 0 radical (unpaired) electrons. The minimum absolute atomic E-state index is 0.215. The van der Waals surface area contributed by atoms with E-state index in [-0.39, 0.29) is 10.8 Å². The van der Waals surface area contributed by atoms with Crippen molar-refractivity contribution < 1.29 is 13.2 Å². The maximum absolute atomic E-state index is 13.2. The van der Waals surface area contributed by atoms with Crippen LogP contribution in [0.4, 0.5) is 5.00 Å². The van der Waals surface area contributed by atoms with E-state index >= 15 is 0 Å². The molecule has 9 heteroatoms. The average Bonchev–Trinajstić information content (AvgIpc) is 3.50. The van der Waals surface area contributed by atoms with Gasteiger partial charge >= 0.3 is 0 Å². The van der Waals surface area contributed by atoms with E-state index in [4.69, 9.17) is 4.98 Å². The number of benzene rings is 2. The molecule has 1 amide bonds. The minimum Gasteiger partial charge on any atom is -0.313 e. The lowest BCUT2D eigenvalue weighted by atomic mass is 10.2. The van der Waals surface area contributed by atoms with E-state index in [1.165, 1.54) is 23.5 Å². The molecule has 0 unspecified atom stereocenters. The number of hydrogen-bond acceptors (Lipinski definition) is 6. The Labute approximate surface area is 214 Å². The fourth-order valence-electron chi connectivity index (χ4n) is 3.69. The van der Waals surface area contributed by atoms with Crippen molar-refractivity contribution in [2.24, 2.45) is 0 Å². The van der Waals surface area contributed by atoms with Crippen molar-refractivity contribution in [1.29, 1.82) is 0 Å². The van der Waals surface area contributed by atoms with Gasteiger partial charge in [0, 0.05) is 24.2 Å². The Hall–Kier alpha value is -2.59. The van der Waals surface area contributed by atoms with Crippen LogP contribution in [-0.4, -0.2) is 36.7 Å². The number of thiophene rings is 1. The Morgan fingerprint density at radius 2 is 1.66 bits per heavy atom. The van der Waals surface area contributed by atoms with Crippen LogP contribution < -0.4 is 5.32 Å². The molecule has 184 valence electrons. The average molecular weight is 528 g/mol. The summed E-state index contributed by atoms with van der Waals surface area (Å²) in [5, 5.41) is 6.47. The maximum atomic E-state index is 13.2. The number of carbonyl (C=O) groups excluding carboxylic acids is 1. The van der Waals surface area contributed by atoms with Crippen LogP contribution in [0.15, 0.2) is 64.9 Å². The van der Waals surface area contributed by atoms with Gasteiger partial charge in [0.25, 0.3) is 5.91 Å². The van der Waals surface area contributed by atoms with E-state index in [2.05, 4.69) is 5.32 Å². The monoisotopic (exact) mass is 527 g/mol. The molecule has 35 heavy (non-hydrogen) atoms. The zero-order chi connectivity index (χ0) is 24.8. The highest BCUT2D eigenvalue weighted by Crippen LogP contribution is 2.37. The molecule has 0 saturated heterocycles. The zero-order valence-electron chi connectivity index (χ0n) is 19.9. The van der Waals surface area contributed by atoms with Gasteiger partial charge in [0.05, 0.1) is 15.1 Å². The Kier molecular flexibility index (Phi) is 8.33. The molecule has 0 aliphatic carbocycles. The molecule has 0 aliphatic heterocycles. The van der Waals surface area contributed by atoms with Crippen molar-refractivity contribution in [2.45, 2.75) is 44.4 Å². The van der Waals surface area contributed by atoms with E-state index in [0.717, 1.165) is 51.5 Å². The Balaban J connectivity index is 1.50. The maximum Gasteiger partial charge on any atom is 0.256 e. The van der Waals surface area contributed by atoms with Crippen LogP contribution >= 0.6 is 22.7 Å². The number of sulfonamides is 1. The molecular weight excluding hydrogens is 499 g/mol. The molecule has 0 saturated carbocycles. The topological polar surface area (TPSA) is 79.4 Å². The molecule has 0 aliphatic rings. The molecule has 0 fully saturated rings. The van der Waals surface area contributed by atoms with E-state index < -0.39 is 10.0 Å². The Bertz CT molecular complexity index is 1350. The fourth-order valence-corrected chi connectivity index (χ4v) is 7.05. The van der Waals surface area contributed by atoms with Crippen molar-refractivity contribution in [2.75, 3.05) is 18.4 Å². The van der Waals surface area contributed by atoms with Gasteiger partial charge in [0.1, 0.15) is 10.0 Å². The molecule has 2 aromatic heterocycles. The number of aromatic nitrogens is 1. The molecule has 2 aromatic carbocycles. The summed E-state index contributed by atoms with van der Waals surface area (Å²) in [7, 11) is -3.60. The second kappa shape index (κ2) is 11.4. The lowest BCUT2D eigenvalue weighted by Gasteiger charge is -2.22. The first-order valence-corrected chi connectivity index (χ1v) is 14.9. The standard InChI is InChI=1S/C26H29N3O3S3/c1-3-5-16-29(17-6-4-2)35(31,32)20-13-11-19(12-14-20)24(30)28-25-21(15-18-33-25)26-27-22-9-7-8-10-23(22)34-26/h7-15,18H,3-6,16-17H2,1-2H3,(H,28,30). The molecule has 1 N–H and O–H groups in total. The fraction of sp³-hybridized carbons (Fsp3) is 0.308. The van der Waals surface area contributed by atoms with Gasteiger partial charge in [-0.3, -0.25) is 4.79 Å². The number of nitrogens with one attached hydrogen (secondary N) is 1. The molecular formula is C26H29N3O3S3. The van der Waals surface area contributed by atoms with Gasteiger partial charge < -0.3 is 5.32 Å². The van der Waals surface area contributed by atoms with Gasteiger partial charge in [-0.25, -0.2) is 13.4 Å². The van der Waals surface area contributed by atoms with Gasteiger partial charge in [-0.1, -0.05) is 38.8 Å². The quantitative estimate of drug-likeness (QED) is 0.231. The number of amides is 1. The molecule has 6 nitrogen and oxygen atoms in total. The highest BCUT2D eigenvalue weighted by molar-refractivity contribution is 7.89. The second-order valence-corrected chi connectivity index (χ2v) is 12.1. The van der Waals surface area contributed by atoms with Crippen LogP contribution in [0.1, 0.15) is 49.9 Å². The number of hydrogen-bond donors (Lipinski definition) is 1. The number of para-hydroxylation sites is 1. The number of unbranched alkanes of at least 4 members (excludes halogenated alkanes) is 2. The van der Waals surface area contributed by atoms with Gasteiger partial charge in [-0.15, -0.1) is 22.7 Å². The molecule has 0 bridgehead atoms. The second-order valence-electron chi connectivity index (χ2n) is 8.24. The van der Waals surface area contributed by atoms with Gasteiger partial charge in [0.15, 0.2) is 0 Å². The summed E-state index contributed by atoms with van der Waals surface area (Å²) in [6.07, 6.45) is 3.50. The normalized spacial score (nSPS) is 11.9. The predicted octanol–water partition coefficient (Wildman–Crippen LogP) is 6.87. The van der Waals surface area contributed by atoms with Gasteiger partial charge in [-0.05, 0) is 60.7 Å². The van der Waals surface area contributed by atoms with Crippen molar-refractivity contribution >= 4 is 53.8 Å². The number of anilines is 1. The largest absolute Gasteiger partial charge is 0.313 e. The van der Waals surface area contributed by atoms with Gasteiger partial charge in [0.2, 0.25) is 10.0 Å². The number of rotatable bonds is 11. The van der Waals surface area contributed by atoms with Gasteiger partial charge in [-0.2, -0.15) is 4.31 Å². The van der Waals surface area contributed by atoms with Crippen LogP contribution in [0.5, 0.6) is 0 Å². The summed E-state index contributed by atoms with van der Waals surface area (Å²) in [5.74, 6) is -0.285. The van der Waals surface area contributed by atoms with Crippen LogP contribution in [0.25, 0.3) is 20.8 Å². The first-order chi connectivity index (χ1) is 16.9. The number of fused-ring (bicyclic) bond motifs is 1. The smallest absolute Gasteiger partial charge is 0.256 e. The number of nitrogens with zero attached hydrogens (tertiary/aromatic N) is 2. The SMILES string of the molecule is CCCCN(CCCC)S(=O)(=O)c1ccc(C(=O)Nc2sccc2-c2nc3ccccc3s2)cc1. The van der Waals surface area contributed by atoms with Crippen molar-refractivity contribution in [1.82, 2.24) is 9.29 Å². The first-order valence-electron chi connectivity index (χ1n) is 11.8. The van der Waals surface area contributed by atoms with E-state index in [9.17, 15) is 13.2 Å². The zero-order valence-corrected chi connectivity index (χ0v) is 22.3. The lowest BCUT2D eigenvalue weighted by Crippen LogP contribution is -2.33. The third-order valence-corrected chi connectivity index (χ3v) is 9.51. The third kappa shape index (κ3) is 5.81. The predicted molar refractivity (Wildman–Crippen MR) is 146 cm³/mol. The summed E-state index contributed by atoms with van der Waals surface area (Å²) in [4.78, 5) is 17.9. The van der Waals surface area contributed by atoms with Crippen LogP contribution in [0, 0.1) is 0 Å². The van der Waals surface area contributed by atoms with Crippen molar-refractivity contribution in [3.8, 4) is 10.6 Å². The van der Waals surface area contributed by atoms with E-state index in [0.29, 0.717) is 18.7 Å². The minimum atomic E-state index is -3.60. The summed E-state index contributed by atoms with van der Waals surface area (Å²) in [6, 6.07) is 16.1. The number of carbonyl (C=O) groups is 1. The third-order valence-electron chi connectivity index (χ3n) is 5.69. The Morgan fingerprint density at radius 3 is 2.31 bits per heavy atom. The number of thiazole rings is 1. The molecule has 2 heterocycles. The van der Waals surface area contributed by atoms with Crippen molar-refractivity contribution in [3.05, 3.63) is 65.5 Å². The van der Waals surface area contributed by atoms with Crippen molar-refractivity contribution in [3.63, 3.8) is 0 Å². The summed E-state index contributed by atoms with van der Waals surface area (Å²) < 4.78 is 29.0. The summed E-state index contributed by atoms with van der Waals surface area (Å²) >= 11 is 3.02. The lowest BCUT2D eigenvalue weighted by molar-refractivity contribution is 0.102. The van der Waals surface area contributed by atoms with Crippen LogP contribution in [0.2, 0.25) is 0 Å². The molecule has 4 rings (SSSR count). The molecule has 4 aromatic rings. The van der Waals surface area contributed by atoms with Crippen LogP contribution in [0.3, 0.4) is 0 Å². The summed E-state index contributed by atoms with van der Waals surface area (Å²) in [5.41, 5.74) is 2.21. The van der Waals surface area contributed by atoms with E-state index in [1.807, 2.05) is 49.6 Å². The van der Waals surface area contributed by atoms with Crippen LogP contribution in [-0.2, 0) is 10.0 Å².